The van der Waals surface area contributed by atoms with E-state index in [9.17, 15) is 9.59 Å². The van der Waals surface area contributed by atoms with E-state index in [1.807, 2.05) is 32.0 Å². The molecule has 5 nitrogen and oxygen atoms in total. The molecule has 146 valence electrons. The number of nitrogens with zero attached hydrogens (tertiary/aromatic N) is 2. The molecule has 2 aromatic heterocycles. The fraction of sp³-hybridized carbons (Fsp3) is 0.409. The van der Waals surface area contributed by atoms with Crippen LogP contribution in [0.15, 0.2) is 29.3 Å². The smallest absolute Gasteiger partial charge is 0.263 e. The summed E-state index contributed by atoms with van der Waals surface area (Å²) in [6.45, 7) is 7.98. The number of aryl methyl sites for hydroxylation is 3. The molecule has 28 heavy (non-hydrogen) atoms. The zero-order chi connectivity index (χ0) is 20.0. The van der Waals surface area contributed by atoms with E-state index in [0.717, 1.165) is 46.5 Å². The first-order valence-corrected chi connectivity index (χ1v) is 10.6. The topological polar surface area (TPSA) is 64.0 Å². The Morgan fingerprint density at radius 1 is 1.36 bits per heavy atom. The van der Waals surface area contributed by atoms with Gasteiger partial charge in [-0.15, -0.1) is 11.3 Å². The molecule has 6 heteroatoms. The number of carbonyl (C=O) groups excluding carboxylic acids is 1. The Morgan fingerprint density at radius 2 is 2.14 bits per heavy atom. The molecule has 0 spiro atoms. The molecular weight excluding hydrogens is 370 g/mol. The van der Waals surface area contributed by atoms with Crippen molar-refractivity contribution in [3.63, 3.8) is 0 Å². The van der Waals surface area contributed by atoms with Crippen LogP contribution in [0.5, 0.6) is 0 Å². The lowest BCUT2D eigenvalue weighted by molar-refractivity contribution is -0.118. The zero-order valence-electron chi connectivity index (χ0n) is 16.7. The Morgan fingerprint density at radius 3 is 2.89 bits per heavy atom. The van der Waals surface area contributed by atoms with Crippen LogP contribution in [-0.2, 0) is 17.6 Å². The van der Waals surface area contributed by atoms with Crippen molar-refractivity contribution in [3.05, 3.63) is 56.4 Å². The summed E-state index contributed by atoms with van der Waals surface area (Å²) in [7, 11) is 0. The van der Waals surface area contributed by atoms with Crippen LogP contribution in [0.1, 0.15) is 47.9 Å². The number of amides is 1. The zero-order valence-corrected chi connectivity index (χ0v) is 17.5. The molecule has 1 aliphatic carbocycles. The molecule has 0 aliphatic heterocycles. The van der Waals surface area contributed by atoms with Crippen LogP contribution in [0.2, 0.25) is 0 Å². The molecule has 0 saturated carbocycles. The third-order valence-corrected chi connectivity index (χ3v) is 6.84. The lowest BCUT2D eigenvalue weighted by atomic mass is 9.89. The number of anilines is 1. The summed E-state index contributed by atoms with van der Waals surface area (Å²) < 4.78 is 1.46. The second-order valence-corrected chi connectivity index (χ2v) is 9.06. The molecular formula is C22H25N3O2S. The quantitative estimate of drug-likeness (QED) is 0.715. The van der Waals surface area contributed by atoms with Crippen molar-refractivity contribution in [2.45, 2.75) is 53.0 Å². The average Bonchev–Trinajstić information content (AvgIpc) is 3.02. The van der Waals surface area contributed by atoms with Crippen molar-refractivity contribution in [2.75, 3.05) is 5.32 Å². The van der Waals surface area contributed by atoms with Crippen molar-refractivity contribution >= 4 is 33.1 Å². The molecule has 4 rings (SSSR count). The Labute approximate surface area is 168 Å². The SMILES string of the molecule is Cc1ccc(NC(=O)[C@H](C)n2cnc3sc4c(c3c2=O)CC[C@@H](C)C4)c(C)c1. The van der Waals surface area contributed by atoms with E-state index < -0.39 is 6.04 Å². The van der Waals surface area contributed by atoms with Crippen LogP contribution in [0.3, 0.4) is 0 Å². The van der Waals surface area contributed by atoms with E-state index in [4.69, 9.17) is 0 Å². The maximum absolute atomic E-state index is 13.2. The first kappa shape index (κ1) is 18.9. The maximum Gasteiger partial charge on any atom is 0.263 e. The molecule has 2 atom stereocenters. The second kappa shape index (κ2) is 7.17. The van der Waals surface area contributed by atoms with Gasteiger partial charge in [0.15, 0.2) is 0 Å². The van der Waals surface area contributed by atoms with Crippen LogP contribution in [0.4, 0.5) is 5.69 Å². The first-order chi connectivity index (χ1) is 13.3. The Kier molecular flexibility index (Phi) is 4.83. The predicted octanol–water partition coefficient (Wildman–Crippen LogP) is 4.40. The molecule has 0 saturated heterocycles. The number of hydrogen-bond acceptors (Lipinski definition) is 4. The van der Waals surface area contributed by atoms with Crippen LogP contribution in [-0.4, -0.2) is 15.5 Å². The van der Waals surface area contributed by atoms with Gasteiger partial charge in [0, 0.05) is 10.6 Å². The summed E-state index contributed by atoms with van der Waals surface area (Å²) in [4.78, 5) is 32.6. The highest BCUT2D eigenvalue weighted by Gasteiger charge is 2.25. The van der Waals surface area contributed by atoms with E-state index in [0.29, 0.717) is 11.3 Å². The minimum absolute atomic E-state index is 0.111. The number of fused-ring (bicyclic) bond motifs is 3. The van der Waals surface area contributed by atoms with Crippen LogP contribution in [0, 0.1) is 19.8 Å². The summed E-state index contributed by atoms with van der Waals surface area (Å²) in [6, 6.07) is 5.25. The predicted molar refractivity (Wildman–Crippen MR) is 114 cm³/mol. The summed E-state index contributed by atoms with van der Waals surface area (Å²) >= 11 is 1.63. The standard InChI is InChI=1S/C22H25N3O2S/c1-12-6-8-17(14(3)9-12)24-20(26)15(4)25-11-23-21-19(22(25)27)16-7-5-13(2)10-18(16)28-21/h6,8-9,11,13,15H,5,7,10H2,1-4H3,(H,24,26)/t13-,15+/m1/s1. The van der Waals surface area contributed by atoms with Crippen LogP contribution in [0.25, 0.3) is 10.2 Å². The lowest BCUT2D eigenvalue weighted by Gasteiger charge is -2.18. The molecule has 1 N–H and O–H groups in total. The molecule has 1 amide bonds. The molecule has 0 bridgehead atoms. The molecule has 3 aromatic rings. The number of hydrogen-bond donors (Lipinski definition) is 1. The van der Waals surface area contributed by atoms with Crippen molar-refractivity contribution in [1.82, 2.24) is 9.55 Å². The minimum Gasteiger partial charge on any atom is -0.324 e. The Balaban J connectivity index is 1.67. The molecule has 0 unspecified atom stereocenters. The number of rotatable bonds is 3. The summed E-state index contributed by atoms with van der Waals surface area (Å²) in [5.74, 6) is 0.429. The summed E-state index contributed by atoms with van der Waals surface area (Å²) in [5.41, 5.74) is 3.95. The fourth-order valence-corrected chi connectivity index (χ4v) is 5.28. The fourth-order valence-electron chi connectivity index (χ4n) is 3.94. The third-order valence-electron chi connectivity index (χ3n) is 5.68. The van der Waals surface area contributed by atoms with Crippen molar-refractivity contribution in [1.29, 1.82) is 0 Å². The van der Waals surface area contributed by atoms with Crippen molar-refractivity contribution < 1.29 is 4.79 Å². The molecule has 0 radical (unpaired) electrons. The molecule has 2 heterocycles. The number of thiophene rings is 1. The van der Waals surface area contributed by atoms with Gasteiger partial charge in [-0.2, -0.15) is 0 Å². The third kappa shape index (κ3) is 3.26. The van der Waals surface area contributed by atoms with Gasteiger partial charge in [-0.05, 0) is 63.1 Å². The van der Waals surface area contributed by atoms with Gasteiger partial charge in [0.05, 0.1) is 11.7 Å². The summed E-state index contributed by atoms with van der Waals surface area (Å²) in [5, 5.41) is 3.66. The highest BCUT2D eigenvalue weighted by molar-refractivity contribution is 7.18. The van der Waals surface area contributed by atoms with E-state index in [2.05, 4.69) is 17.2 Å². The molecule has 0 fully saturated rings. The van der Waals surface area contributed by atoms with Crippen LogP contribution < -0.4 is 10.9 Å². The number of aromatic nitrogens is 2. The molecule has 1 aromatic carbocycles. The van der Waals surface area contributed by atoms with Gasteiger partial charge in [-0.3, -0.25) is 14.2 Å². The van der Waals surface area contributed by atoms with E-state index in [-0.39, 0.29) is 11.5 Å². The van der Waals surface area contributed by atoms with Crippen molar-refractivity contribution in [3.8, 4) is 0 Å². The normalized spacial score (nSPS) is 17.4. The van der Waals surface area contributed by atoms with Gasteiger partial charge < -0.3 is 5.32 Å². The maximum atomic E-state index is 13.2. The Hall–Kier alpha value is -2.47. The van der Waals surface area contributed by atoms with Gasteiger partial charge in [-0.1, -0.05) is 24.6 Å². The second-order valence-electron chi connectivity index (χ2n) is 7.97. The van der Waals surface area contributed by atoms with Crippen LogP contribution >= 0.6 is 11.3 Å². The van der Waals surface area contributed by atoms with Gasteiger partial charge in [0.2, 0.25) is 5.91 Å². The average molecular weight is 396 g/mol. The van der Waals surface area contributed by atoms with E-state index in [1.54, 1.807) is 18.3 Å². The van der Waals surface area contributed by atoms with Gasteiger partial charge >= 0.3 is 0 Å². The minimum atomic E-state index is -0.636. The summed E-state index contributed by atoms with van der Waals surface area (Å²) in [6.07, 6.45) is 4.54. The van der Waals surface area contributed by atoms with Crippen molar-refractivity contribution in [2.24, 2.45) is 5.92 Å². The molecule has 1 aliphatic rings. The largest absolute Gasteiger partial charge is 0.324 e. The first-order valence-electron chi connectivity index (χ1n) is 9.74. The monoisotopic (exact) mass is 395 g/mol. The number of carbonyl (C=O) groups is 1. The number of benzene rings is 1. The highest BCUT2D eigenvalue weighted by atomic mass is 32.1. The number of nitrogens with one attached hydrogen (secondary N) is 1. The highest BCUT2D eigenvalue weighted by Crippen LogP contribution is 2.35. The van der Waals surface area contributed by atoms with E-state index >= 15 is 0 Å². The van der Waals surface area contributed by atoms with E-state index in [1.165, 1.54) is 15.8 Å². The van der Waals surface area contributed by atoms with Gasteiger partial charge in [0.25, 0.3) is 5.56 Å². The van der Waals surface area contributed by atoms with Gasteiger partial charge in [0.1, 0.15) is 10.9 Å². The Bertz CT molecular complexity index is 1130. The lowest BCUT2D eigenvalue weighted by Crippen LogP contribution is -2.32. The van der Waals surface area contributed by atoms with Gasteiger partial charge in [-0.25, -0.2) is 4.98 Å².